The molecule has 0 aliphatic carbocycles. The van der Waals surface area contributed by atoms with Gasteiger partial charge in [0.15, 0.2) is 0 Å². The van der Waals surface area contributed by atoms with Gasteiger partial charge in [-0.3, -0.25) is 19.3 Å². The standard InChI is InChI=1S/C23H18N6O3S/c1-15-21(22(30)26-24-13-17-11-12-20(33-17)29(31)32)28-19-10-6-5-9-18(19)27(23(28)25-15)14-16-7-3-2-4-8-16/h2-13H,14H2,1H3,(H,26,30)/b24-13-. The summed E-state index contributed by atoms with van der Waals surface area (Å²) < 4.78 is 3.93. The van der Waals surface area contributed by atoms with E-state index in [0.717, 1.165) is 27.9 Å². The predicted octanol–water partition coefficient (Wildman–Crippen LogP) is 4.38. The van der Waals surface area contributed by atoms with E-state index in [0.29, 0.717) is 28.6 Å². The van der Waals surface area contributed by atoms with Crippen molar-refractivity contribution in [2.45, 2.75) is 13.5 Å². The first-order valence-electron chi connectivity index (χ1n) is 10.1. The van der Waals surface area contributed by atoms with E-state index in [1.807, 2.05) is 46.9 Å². The number of thiophene rings is 1. The van der Waals surface area contributed by atoms with Gasteiger partial charge in [-0.2, -0.15) is 5.10 Å². The number of aromatic nitrogens is 3. The number of nitrogens with zero attached hydrogens (tertiary/aromatic N) is 5. The summed E-state index contributed by atoms with van der Waals surface area (Å²) in [6.07, 6.45) is 1.39. The molecule has 1 N–H and O–H groups in total. The molecule has 1 amide bonds. The number of rotatable bonds is 6. The molecule has 2 aromatic carbocycles. The second kappa shape index (κ2) is 8.32. The zero-order valence-corrected chi connectivity index (χ0v) is 18.3. The van der Waals surface area contributed by atoms with Crippen LogP contribution in [0.15, 0.2) is 71.8 Å². The van der Waals surface area contributed by atoms with Crippen LogP contribution in [-0.2, 0) is 6.54 Å². The van der Waals surface area contributed by atoms with Crippen LogP contribution in [0.3, 0.4) is 0 Å². The Labute approximate surface area is 191 Å². The number of nitro groups is 1. The van der Waals surface area contributed by atoms with E-state index in [1.54, 1.807) is 13.0 Å². The van der Waals surface area contributed by atoms with Gasteiger partial charge in [-0.25, -0.2) is 10.4 Å². The van der Waals surface area contributed by atoms with E-state index in [9.17, 15) is 14.9 Å². The topological polar surface area (TPSA) is 107 Å². The average molecular weight is 459 g/mol. The third-order valence-corrected chi connectivity index (χ3v) is 6.21. The third kappa shape index (κ3) is 3.76. The molecule has 0 fully saturated rings. The molecule has 0 spiro atoms. The van der Waals surface area contributed by atoms with Gasteiger partial charge in [-0.15, -0.1) is 0 Å². The lowest BCUT2D eigenvalue weighted by molar-refractivity contribution is -0.380. The summed E-state index contributed by atoms with van der Waals surface area (Å²) in [5.74, 6) is 0.255. The Morgan fingerprint density at radius 3 is 2.58 bits per heavy atom. The SMILES string of the molecule is Cc1nc2n(Cc3ccccc3)c3ccccc3n2c1C(=O)N/N=C\c1ccc([N+](=O)[O-])s1. The first kappa shape index (κ1) is 20.6. The molecule has 10 heteroatoms. The molecule has 164 valence electrons. The maximum atomic E-state index is 13.1. The van der Waals surface area contributed by atoms with Crippen molar-refractivity contribution in [1.29, 1.82) is 0 Å². The number of fused-ring (bicyclic) bond motifs is 3. The van der Waals surface area contributed by atoms with Gasteiger partial charge in [-0.05, 0) is 30.7 Å². The van der Waals surface area contributed by atoms with Crippen LogP contribution in [0, 0.1) is 17.0 Å². The zero-order valence-electron chi connectivity index (χ0n) is 17.5. The van der Waals surface area contributed by atoms with Crippen LogP contribution in [0.1, 0.15) is 26.6 Å². The predicted molar refractivity (Wildman–Crippen MR) is 127 cm³/mol. The van der Waals surface area contributed by atoms with Crippen LogP contribution in [0.25, 0.3) is 16.8 Å². The van der Waals surface area contributed by atoms with Gasteiger partial charge in [0.1, 0.15) is 5.69 Å². The molecular weight excluding hydrogens is 440 g/mol. The molecule has 0 radical (unpaired) electrons. The minimum atomic E-state index is -0.460. The van der Waals surface area contributed by atoms with Crippen LogP contribution in [0.5, 0.6) is 0 Å². The average Bonchev–Trinajstić information content (AvgIpc) is 3.49. The van der Waals surface area contributed by atoms with Crippen LogP contribution >= 0.6 is 11.3 Å². The van der Waals surface area contributed by atoms with Gasteiger partial charge in [0.2, 0.25) is 5.78 Å². The minimum absolute atomic E-state index is 0.0161. The number of carbonyl (C=O) groups is 1. The molecule has 0 saturated heterocycles. The van der Waals surface area contributed by atoms with Crippen molar-refractivity contribution in [3.63, 3.8) is 0 Å². The van der Waals surface area contributed by atoms with E-state index in [4.69, 9.17) is 4.98 Å². The monoisotopic (exact) mass is 458 g/mol. The Morgan fingerprint density at radius 2 is 1.85 bits per heavy atom. The zero-order chi connectivity index (χ0) is 22.9. The fourth-order valence-electron chi connectivity index (χ4n) is 3.82. The molecule has 0 unspecified atom stereocenters. The van der Waals surface area contributed by atoms with Crippen molar-refractivity contribution in [3.8, 4) is 0 Å². The van der Waals surface area contributed by atoms with Crippen molar-refractivity contribution < 1.29 is 9.72 Å². The smallest absolute Gasteiger partial charge is 0.305 e. The summed E-state index contributed by atoms with van der Waals surface area (Å²) in [5, 5.41) is 14.8. The Morgan fingerprint density at radius 1 is 1.12 bits per heavy atom. The normalized spacial score (nSPS) is 11.5. The van der Waals surface area contributed by atoms with Gasteiger partial charge < -0.3 is 4.57 Å². The fourth-order valence-corrected chi connectivity index (χ4v) is 4.51. The van der Waals surface area contributed by atoms with Crippen molar-refractivity contribution in [3.05, 3.63) is 98.7 Å². The van der Waals surface area contributed by atoms with E-state index in [2.05, 4.69) is 27.2 Å². The number of hydrogen-bond acceptors (Lipinski definition) is 6. The van der Waals surface area contributed by atoms with Crippen molar-refractivity contribution >= 4 is 45.3 Å². The lowest BCUT2D eigenvalue weighted by Crippen LogP contribution is -2.20. The van der Waals surface area contributed by atoms with E-state index in [-0.39, 0.29) is 5.00 Å². The Bertz CT molecular complexity index is 1530. The minimum Gasteiger partial charge on any atom is -0.305 e. The number of hydrogen-bond donors (Lipinski definition) is 1. The molecular formula is C23H18N6O3S. The molecule has 0 aliphatic heterocycles. The van der Waals surface area contributed by atoms with Gasteiger partial charge in [0.25, 0.3) is 5.91 Å². The summed E-state index contributed by atoms with van der Waals surface area (Å²) in [7, 11) is 0. The highest BCUT2D eigenvalue weighted by Crippen LogP contribution is 2.26. The third-order valence-electron chi connectivity index (χ3n) is 5.24. The summed E-state index contributed by atoms with van der Waals surface area (Å²) in [6.45, 7) is 2.40. The van der Waals surface area contributed by atoms with Crippen LogP contribution in [0.2, 0.25) is 0 Å². The largest absolute Gasteiger partial charge is 0.324 e. The first-order valence-corrected chi connectivity index (χ1v) is 10.9. The van der Waals surface area contributed by atoms with Crippen molar-refractivity contribution in [2.24, 2.45) is 5.10 Å². The van der Waals surface area contributed by atoms with Crippen LogP contribution in [-0.4, -0.2) is 31.0 Å². The number of benzene rings is 2. The summed E-state index contributed by atoms with van der Waals surface area (Å²) >= 11 is 0.981. The molecule has 3 aromatic heterocycles. The maximum Gasteiger partial charge on any atom is 0.324 e. The van der Waals surface area contributed by atoms with Gasteiger partial charge in [-0.1, -0.05) is 53.8 Å². The number of nitrogens with one attached hydrogen (secondary N) is 1. The van der Waals surface area contributed by atoms with Gasteiger partial charge in [0.05, 0.1) is 39.3 Å². The molecule has 5 rings (SSSR count). The molecule has 9 nitrogen and oxygen atoms in total. The lowest BCUT2D eigenvalue weighted by atomic mass is 10.2. The van der Waals surface area contributed by atoms with Crippen LogP contribution in [0.4, 0.5) is 5.00 Å². The molecule has 0 atom stereocenters. The summed E-state index contributed by atoms with van der Waals surface area (Å²) in [5.41, 5.74) is 6.46. The van der Waals surface area contributed by atoms with Crippen molar-refractivity contribution in [2.75, 3.05) is 0 Å². The number of amides is 1. The highest BCUT2D eigenvalue weighted by molar-refractivity contribution is 7.16. The number of imidazole rings is 2. The number of aryl methyl sites for hydroxylation is 1. The second-order valence-corrected chi connectivity index (χ2v) is 8.47. The lowest BCUT2D eigenvalue weighted by Gasteiger charge is -2.05. The Balaban J connectivity index is 1.51. The van der Waals surface area contributed by atoms with E-state index in [1.165, 1.54) is 12.3 Å². The van der Waals surface area contributed by atoms with Gasteiger partial charge in [0, 0.05) is 6.07 Å². The number of para-hydroxylation sites is 2. The number of carbonyl (C=O) groups excluding carboxylic acids is 1. The molecule has 0 bridgehead atoms. The van der Waals surface area contributed by atoms with E-state index >= 15 is 0 Å². The highest BCUT2D eigenvalue weighted by Gasteiger charge is 2.22. The quantitative estimate of drug-likeness (QED) is 0.231. The molecule has 3 heterocycles. The number of hydrazone groups is 1. The van der Waals surface area contributed by atoms with Crippen molar-refractivity contribution in [1.82, 2.24) is 19.4 Å². The first-order chi connectivity index (χ1) is 16.0. The fraction of sp³-hybridized carbons (Fsp3) is 0.0870. The molecule has 0 saturated carbocycles. The summed E-state index contributed by atoms with van der Waals surface area (Å²) in [4.78, 5) is 28.7. The molecule has 33 heavy (non-hydrogen) atoms. The highest BCUT2D eigenvalue weighted by atomic mass is 32.1. The van der Waals surface area contributed by atoms with Gasteiger partial charge >= 0.3 is 5.00 Å². The summed E-state index contributed by atoms with van der Waals surface area (Å²) in [6, 6.07) is 20.9. The maximum absolute atomic E-state index is 13.1. The molecule has 0 aliphatic rings. The Hall–Kier alpha value is -4.31. The van der Waals surface area contributed by atoms with E-state index < -0.39 is 10.8 Å². The second-order valence-electron chi connectivity index (χ2n) is 7.37. The molecule has 5 aromatic rings. The Kier molecular flexibility index (Phi) is 5.19. The van der Waals surface area contributed by atoms with Crippen LogP contribution < -0.4 is 5.43 Å².